The molecule has 0 aliphatic rings. The smallest absolute Gasteiger partial charge is 0.229 e. The van der Waals surface area contributed by atoms with Crippen LogP contribution in [0.3, 0.4) is 0 Å². The molecule has 6 nitrogen and oxygen atoms in total. The summed E-state index contributed by atoms with van der Waals surface area (Å²) < 4.78 is 10.4. The van der Waals surface area contributed by atoms with Crippen molar-refractivity contribution in [2.45, 2.75) is 25.9 Å². The molecule has 0 aromatic carbocycles. The highest BCUT2D eigenvalue weighted by Gasteiger charge is 2.16. The largest absolute Gasteiger partial charge is 0.380 e. The van der Waals surface area contributed by atoms with E-state index >= 15 is 0 Å². The highest BCUT2D eigenvalue weighted by molar-refractivity contribution is 5.53. The van der Waals surface area contributed by atoms with E-state index in [4.69, 9.17) is 15.0 Å². The molecule has 0 saturated carbocycles. The molecule has 0 aliphatic carbocycles. The van der Waals surface area contributed by atoms with Crippen molar-refractivity contribution < 1.29 is 9.26 Å². The molecule has 0 radical (unpaired) electrons. The normalized spacial score (nSPS) is 12.6. The van der Waals surface area contributed by atoms with Gasteiger partial charge in [0.15, 0.2) is 0 Å². The molecule has 2 rings (SSSR count). The summed E-state index contributed by atoms with van der Waals surface area (Å²) in [5.41, 5.74) is 7.43. The van der Waals surface area contributed by atoms with Crippen molar-refractivity contribution in [3.63, 3.8) is 0 Å². The first-order chi connectivity index (χ1) is 9.28. The van der Waals surface area contributed by atoms with Crippen LogP contribution in [0.15, 0.2) is 22.9 Å². The maximum Gasteiger partial charge on any atom is 0.229 e. The molecule has 0 saturated heterocycles. The first-order valence-corrected chi connectivity index (χ1v) is 6.28. The number of aryl methyl sites for hydroxylation is 1. The van der Waals surface area contributed by atoms with Crippen LogP contribution in [0.2, 0.25) is 0 Å². The SMILES string of the molecule is CCc1cccnc1-c1noc(CC(CN)OC)n1. The molecule has 2 aromatic rings. The topological polar surface area (TPSA) is 87.1 Å². The third kappa shape index (κ3) is 3.15. The van der Waals surface area contributed by atoms with Gasteiger partial charge < -0.3 is 15.0 Å². The summed E-state index contributed by atoms with van der Waals surface area (Å²) in [6.07, 6.45) is 3.00. The van der Waals surface area contributed by atoms with Crippen LogP contribution in [0.4, 0.5) is 0 Å². The lowest BCUT2D eigenvalue weighted by Gasteiger charge is -2.08. The molecule has 1 unspecified atom stereocenters. The molecular weight excluding hydrogens is 244 g/mol. The Kier molecular flexibility index (Phi) is 4.59. The number of ether oxygens (including phenoxy) is 1. The molecule has 0 amide bonds. The lowest BCUT2D eigenvalue weighted by Crippen LogP contribution is -2.24. The van der Waals surface area contributed by atoms with E-state index < -0.39 is 0 Å². The minimum atomic E-state index is -0.109. The van der Waals surface area contributed by atoms with Gasteiger partial charge in [0.1, 0.15) is 5.69 Å². The third-order valence-electron chi connectivity index (χ3n) is 2.95. The van der Waals surface area contributed by atoms with Crippen LogP contribution >= 0.6 is 0 Å². The Morgan fingerprint density at radius 3 is 3.00 bits per heavy atom. The van der Waals surface area contributed by atoms with Gasteiger partial charge in [0.2, 0.25) is 11.7 Å². The summed E-state index contributed by atoms with van der Waals surface area (Å²) in [6.45, 7) is 2.48. The van der Waals surface area contributed by atoms with Gasteiger partial charge in [0.25, 0.3) is 0 Å². The number of hydrogen-bond acceptors (Lipinski definition) is 6. The Morgan fingerprint density at radius 1 is 1.47 bits per heavy atom. The zero-order valence-corrected chi connectivity index (χ0v) is 11.2. The zero-order valence-electron chi connectivity index (χ0n) is 11.2. The quantitative estimate of drug-likeness (QED) is 0.842. The average molecular weight is 262 g/mol. The van der Waals surface area contributed by atoms with Gasteiger partial charge in [-0.25, -0.2) is 0 Å². The van der Waals surface area contributed by atoms with E-state index in [0.29, 0.717) is 24.7 Å². The van der Waals surface area contributed by atoms with E-state index in [2.05, 4.69) is 22.0 Å². The number of pyridine rings is 1. The van der Waals surface area contributed by atoms with E-state index in [0.717, 1.165) is 17.7 Å². The first-order valence-electron chi connectivity index (χ1n) is 6.28. The van der Waals surface area contributed by atoms with Crippen LogP contribution in [-0.4, -0.2) is 34.9 Å². The Bertz CT molecular complexity index is 523. The van der Waals surface area contributed by atoms with E-state index in [1.54, 1.807) is 13.3 Å². The lowest BCUT2D eigenvalue weighted by atomic mass is 10.1. The number of aromatic nitrogens is 3. The molecule has 2 aromatic heterocycles. The minimum Gasteiger partial charge on any atom is -0.380 e. The fourth-order valence-corrected chi connectivity index (χ4v) is 1.82. The summed E-state index contributed by atoms with van der Waals surface area (Å²) in [5, 5.41) is 3.97. The van der Waals surface area contributed by atoms with Crippen molar-refractivity contribution in [3.05, 3.63) is 29.8 Å². The van der Waals surface area contributed by atoms with Crippen LogP contribution in [-0.2, 0) is 17.6 Å². The second-order valence-corrected chi connectivity index (χ2v) is 4.17. The Balaban J connectivity index is 2.21. The van der Waals surface area contributed by atoms with E-state index in [1.165, 1.54) is 0 Å². The summed E-state index contributed by atoms with van der Waals surface area (Å²) in [4.78, 5) is 8.66. The highest BCUT2D eigenvalue weighted by Crippen LogP contribution is 2.18. The molecule has 102 valence electrons. The van der Waals surface area contributed by atoms with Gasteiger partial charge in [0, 0.05) is 19.9 Å². The molecule has 19 heavy (non-hydrogen) atoms. The van der Waals surface area contributed by atoms with Crippen molar-refractivity contribution in [2.75, 3.05) is 13.7 Å². The fourth-order valence-electron chi connectivity index (χ4n) is 1.82. The van der Waals surface area contributed by atoms with Gasteiger partial charge >= 0.3 is 0 Å². The van der Waals surface area contributed by atoms with E-state index in [1.807, 2.05) is 12.1 Å². The second-order valence-electron chi connectivity index (χ2n) is 4.17. The third-order valence-corrected chi connectivity index (χ3v) is 2.95. The standard InChI is InChI=1S/C13H18N4O2/c1-3-9-5-4-6-15-12(9)13-16-11(19-17-13)7-10(8-14)18-2/h4-6,10H,3,7-8,14H2,1-2H3. The second kappa shape index (κ2) is 6.40. The number of nitrogens with zero attached hydrogens (tertiary/aromatic N) is 3. The van der Waals surface area contributed by atoms with Crippen LogP contribution in [0.25, 0.3) is 11.5 Å². The van der Waals surface area contributed by atoms with E-state index in [-0.39, 0.29) is 6.10 Å². The Labute approximate surface area is 112 Å². The van der Waals surface area contributed by atoms with Crippen molar-refractivity contribution in [3.8, 4) is 11.5 Å². The van der Waals surface area contributed by atoms with Crippen LogP contribution in [0.1, 0.15) is 18.4 Å². The van der Waals surface area contributed by atoms with Crippen LogP contribution in [0, 0.1) is 0 Å². The molecule has 2 heterocycles. The predicted octanol–water partition coefficient (Wildman–Crippen LogP) is 1.21. The van der Waals surface area contributed by atoms with Gasteiger partial charge in [-0.05, 0) is 18.1 Å². The Morgan fingerprint density at radius 2 is 2.32 bits per heavy atom. The number of rotatable bonds is 6. The molecule has 0 aliphatic heterocycles. The summed E-state index contributed by atoms with van der Waals surface area (Å²) in [6, 6.07) is 3.91. The van der Waals surface area contributed by atoms with Crippen molar-refractivity contribution in [1.82, 2.24) is 15.1 Å². The summed E-state index contributed by atoms with van der Waals surface area (Å²) in [5.74, 6) is 1.03. The molecule has 1 atom stereocenters. The fraction of sp³-hybridized carbons (Fsp3) is 0.462. The molecule has 0 spiro atoms. The van der Waals surface area contributed by atoms with Gasteiger partial charge in [-0.3, -0.25) is 4.98 Å². The van der Waals surface area contributed by atoms with Gasteiger partial charge in [-0.2, -0.15) is 4.98 Å². The molecule has 6 heteroatoms. The highest BCUT2D eigenvalue weighted by atomic mass is 16.5. The maximum atomic E-state index is 5.57. The molecule has 2 N–H and O–H groups in total. The van der Waals surface area contributed by atoms with Gasteiger partial charge in [0.05, 0.1) is 12.5 Å². The Hall–Kier alpha value is -1.79. The summed E-state index contributed by atoms with van der Waals surface area (Å²) >= 11 is 0. The monoisotopic (exact) mass is 262 g/mol. The van der Waals surface area contributed by atoms with E-state index in [9.17, 15) is 0 Å². The maximum absolute atomic E-state index is 5.57. The van der Waals surface area contributed by atoms with Crippen molar-refractivity contribution >= 4 is 0 Å². The minimum absolute atomic E-state index is 0.109. The summed E-state index contributed by atoms with van der Waals surface area (Å²) in [7, 11) is 1.61. The number of hydrogen-bond donors (Lipinski definition) is 1. The van der Waals surface area contributed by atoms with Crippen molar-refractivity contribution in [2.24, 2.45) is 5.73 Å². The number of methoxy groups -OCH3 is 1. The van der Waals surface area contributed by atoms with Crippen molar-refractivity contribution in [1.29, 1.82) is 0 Å². The molecular formula is C13H18N4O2. The van der Waals surface area contributed by atoms with Gasteiger partial charge in [-0.15, -0.1) is 0 Å². The van der Waals surface area contributed by atoms with Gasteiger partial charge in [-0.1, -0.05) is 18.1 Å². The predicted molar refractivity (Wildman–Crippen MR) is 70.5 cm³/mol. The average Bonchev–Trinajstić information content (AvgIpc) is 2.93. The lowest BCUT2D eigenvalue weighted by molar-refractivity contribution is 0.102. The van der Waals surface area contributed by atoms with Crippen LogP contribution in [0.5, 0.6) is 0 Å². The van der Waals surface area contributed by atoms with Crippen LogP contribution < -0.4 is 5.73 Å². The molecule has 0 bridgehead atoms. The first kappa shape index (κ1) is 13.6. The molecule has 0 fully saturated rings. The number of nitrogens with two attached hydrogens (primary N) is 1. The zero-order chi connectivity index (χ0) is 13.7.